The molecule has 3 aromatic heterocycles. The van der Waals surface area contributed by atoms with E-state index in [2.05, 4.69) is 20.1 Å². The average Bonchev–Trinajstić information content (AvgIpc) is 3.55. The molecule has 5 rings (SSSR count). The molecule has 0 unspecified atom stereocenters. The molecule has 0 bridgehead atoms. The Morgan fingerprint density at radius 2 is 2.09 bits per heavy atom. The van der Waals surface area contributed by atoms with Gasteiger partial charge in [0.05, 0.1) is 30.0 Å². The van der Waals surface area contributed by atoms with Crippen molar-refractivity contribution in [1.82, 2.24) is 29.3 Å². The Bertz CT molecular complexity index is 1420. The van der Waals surface area contributed by atoms with Crippen molar-refractivity contribution in [2.24, 2.45) is 0 Å². The van der Waals surface area contributed by atoms with Crippen molar-refractivity contribution in [3.8, 4) is 11.4 Å². The molecule has 1 aliphatic rings. The Kier molecular flexibility index (Phi) is 5.83. The van der Waals surface area contributed by atoms with Crippen LogP contribution in [0.1, 0.15) is 30.9 Å². The van der Waals surface area contributed by atoms with Crippen LogP contribution < -0.4 is 10.5 Å². The number of rotatable bonds is 6. The number of fused-ring (bicyclic) bond motifs is 1. The first-order chi connectivity index (χ1) is 16.7. The average molecular weight is 487 g/mol. The van der Waals surface area contributed by atoms with Gasteiger partial charge < -0.3 is 15.0 Å². The van der Waals surface area contributed by atoms with Gasteiger partial charge in [0.25, 0.3) is 5.56 Å². The van der Waals surface area contributed by atoms with Crippen molar-refractivity contribution >= 4 is 17.1 Å². The number of H-pyrrole nitrogens is 1. The number of aromatic amines is 1. The zero-order valence-corrected chi connectivity index (χ0v) is 19.0. The van der Waals surface area contributed by atoms with Gasteiger partial charge in [-0.25, -0.2) is 4.98 Å². The number of aliphatic hydroxyl groups is 1. The second-order valence-electron chi connectivity index (χ2n) is 8.67. The molecule has 1 aromatic carbocycles. The van der Waals surface area contributed by atoms with Crippen molar-refractivity contribution in [3.63, 3.8) is 0 Å². The van der Waals surface area contributed by atoms with Crippen LogP contribution in [0.4, 0.5) is 19.1 Å². The number of β-amino-alcohol motifs (C(OH)–C–C–N with tert-alkyl or cyclic N) is 1. The van der Waals surface area contributed by atoms with Crippen molar-refractivity contribution in [1.29, 1.82) is 0 Å². The van der Waals surface area contributed by atoms with Crippen LogP contribution in [0.5, 0.6) is 0 Å². The van der Waals surface area contributed by atoms with Crippen LogP contribution in [0, 0.1) is 0 Å². The highest BCUT2D eigenvalue weighted by molar-refractivity contribution is 5.76. The summed E-state index contributed by atoms with van der Waals surface area (Å²) in [6.45, 7) is 3.60. The highest BCUT2D eigenvalue weighted by Crippen LogP contribution is 2.30. The molecule has 9 nitrogen and oxygen atoms in total. The molecule has 4 heterocycles. The summed E-state index contributed by atoms with van der Waals surface area (Å²) >= 11 is 0. The predicted molar refractivity (Wildman–Crippen MR) is 123 cm³/mol. The number of benzene rings is 1. The van der Waals surface area contributed by atoms with Crippen LogP contribution in [0.25, 0.3) is 22.6 Å². The fourth-order valence-electron chi connectivity index (χ4n) is 4.31. The van der Waals surface area contributed by atoms with Gasteiger partial charge in [-0.1, -0.05) is 19.1 Å². The number of anilines is 1. The van der Waals surface area contributed by atoms with Crippen LogP contribution in [0.15, 0.2) is 41.5 Å². The Morgan fingerprint density at radius 1 is 1.26 bits per heavy atom. The molecule has 35 heavy (non-hydrogen) atoms. The van der Waals surface area contributed by atoms with Crippen LogP contribution >= 0.6 is 0 Å². The van der Waals surface area contributed by atoms with Crippen LogP contribution in [-0.4, -0.2) is 53.6 Å². The first kappa shape index (κ1) is 23.1. The summed E-state index contributed by atoms with van der Waals surface area (Å²) in [5.41, 5.74) is 0.607. The summed E-state index contributed by atoms with van der Waals surface area (Å²) < 4.78 is 42.1. The maximum absolute atomic E-state index is 13.2. The van der Waals surface area contributed by atoms with Crippen LogP contribution in [-0.2, 0) is 19.3 Å². The van der Waals surface area contributed by atoms with E-state index in [4.69, 9.17) is 0 Å². The van der Waals surface area contributed by atoms with Crippen LogP contribution in [0.3, 0.4) is 0 Å². The van der Waals surface area contributed by atoms with E-state index in [-0.39, 0.29) is 23.3 Å². The Morgan fingerprint density at radius 3 is 2.80 bits per heavy atom. The Hall–Kier alpha value is -3.67. The largest absolute Gasteiger partial charge is 0.416 e. The van der Waals surface area contributed by atoms with E-state index in [0.717, 1.165) is 18.6 Å². The van der Waals surface area contributed by atoms with Gasteiger partial charge in [0.15, 0.2) is 11.2 Å². The highest BCUT2D eigenvalue weighted by Gasteiger charge is 2.30. The minimum absolute atomic E-state index is 0.146. The fraction of sp³-hybridized carbons (Fsp3) is 0.391. The molecule has 0 spiro atoms. The van der Waals surface area contributed by atoms with Crippen molar-refractivity contribution in [3.05, 3.63) is 58.1 Å². The van der Waals surface area contributed by atoms with Gasteiger partial charge in [-0.2, -0.15) is 23.3 Å². The van der Waals surface area contributed by atoms with Gasteiger partial charge >= 0.3 is 6.18 Å². The SMILES string of the molecule is CCCn1c(N2CC[C@@H](O)C2)nc2nc(-c3cnn(Cc4cccc(C(F)(F)F)c4)c3)[nH]c2c1=O. The second kappa shape index (κ2) is 8.84. The van der Waals surface area contributed by atoms with Crippen LogP contribution in [0.2, 0.25) is 0 Å². The molecule has 0 radical (unpaired) electrons. The van der Waals surface area contributed by atoms with E-state index in [1.807, 2.05) is 11.8 Å². The van der Waals surface area contributed by atoms with Gasteiger partial charge in [-0.3, -0.25) is 14.0 Å². The molecule has 184 valence electrons. The lowest BCUT2D eigenvalue weighted by Gasteiger charge is -2.20. The normalized spacial score (nSPS) is 16.5. The van der Waals surface area contributed by atoms with E-state index < -0.39 is 17.8 Å². The van der Waals surface area contributed by atoms with E-state index in [0.29, 0.717) is 49.0 Å². The van der Waals surface area contributed by atoms with E-state index in [1.165, 1.54) is 16.9 Å². The standard InChI is InChI=1S/C23H24F3N7O2/c1-2-7-33-21(35)18-20(30-22(33)31-8-6-17(34)13-31)29-19(28-18)15-10-27-32(12-15)11-14-4-3-5-16(9-14)23(24,25)26/h3-5,9-10,12,17,34H,2,6-8,11,13H2,1H3,(H,28,29)/t17-/m1/s1. The molecular formula is C23H24F3N7O2. The van der Waals surface area contributed by atoms with Gasteiger partial charge in [-0.15, -0.1) is 0 Å². The summed E-state index contributed by atoms with van der Waals surface area (Å²) in [7, 11) is 0. The van der Waals surface area contributed by atoms with Gasteiger partial charge in [0.2, 0.25) is 5.95 Å². The molecule has 0 aliphatic carbocycles. The van der Waals surface area contributed by atoms with Crippen molar-refractivity contribution in [2.45, 2.75) is 45.1 Å². The first-order valence-electron chi connectivity index (χ1n) is 11.4. The number of halogens is 3. The summed E-state index contributed by atoms with van der Waals surface area (Å²) in [4.78, 5) is 27.3. The molecule has 0 amide bonds. The topological polar surface area (TPSA) is 105 Å². The minimum Gasteiger partial charge on any atom is -0.391 e. The molecule has 4 aromatic rings. The molecule has 1 saturated heterocycles. The van der Waals surface area contributed by atoms with E-state index in [9.17, 15) is 23.1 Å². The smallest absolute Gasteiger partial charge is 0.391 e. The number of nitrogens with zero attached hydrogens (tertiary/aromatic N) is 6. The molecule has 1 fully saturated rings. The van der Waals surface area contributed by atoms with E-state index >= 15 is 0 Å². The third-order valence-electron chi connectivity index (χ3n) is 5.99. The zero-order chi connectivity index (χ0) is 24.7. The number of hydrogen-bond acceptors (Lipinski definition) is 6. The number of imidazole rings is 1. The van der Waals surface area contributed by atoms with Gasteiger partial charge in [0, 0.05) is 25.8 Å². The molecular weight excluding hydrogens is 463 g/mol. The maximum atomic E-state index is 13.2. The zero-order valence-electron chi connectivity index (χ0n) is 19.0. The Labute approximate surface area is 197 Å². The monoisotopic (exact) mass is 487 g/mol. The lowest BCUT2D eigenvalue weighted by molar-refractivity contribution is -0.137. The summed E-state index contributed by atoms with van der Waals surface area (Å²) in [5.74, 6) is 0.876. The second-order valence-corrected chi connectivity index (χ2v) is 8.67. The van der Waals surface area contributed by atoms with Crippen molar-refractivity contribution < 1.29 is 18.3 Å². The first-order valence-corrected chi connectivity index (χ1v) is 11.4. The fourth-order valence-corrected chi connectivity index (χ4v) is 4.31. The maximum Gasteiger partial charge on any atom is 0.416 e. The number of hydrogen-bond donors (Lipinski definition) is 2. The van der Waals surface area contributed by atoms with E-state index in [1.54, 1.807) is 16.8 Å². The third kappa shape index (κ3) is 4.53. The quantitative estimate of drug-likeness (QED) is 0.433. The Balaban J connectivity index is 1.46. The predicted octanol–water partition coefficient (Wildman–Crippen LogP) is 3.03. The molecule has 1 aliphatic heterocycles. The summed E-state index contributed by atoms with van der Waals surface area (Å²) in [6, 6.07) is 5.10. The summed E-state index contributed by atoms with van der Waals surface area (Å²) in [6.07, 6.45) is -0.344. The summed E-state index contributed by atoms with van der Waals surface area (Å²) in [5, 5.41) is 14.2. The van der Waals surface area contributed by atoms with Crippen molar-refractivity contribution in [2.75, 3.05) is 18.0 Å². The number of aliphatic hydroxyl groups excluding tert-OH is 1. The molecule has 12 heteroatoms. The lowest BCUT2D eigenvalue weighted by Crippen LogP contribution is -2.32. The number of alkyl halides is 3. The third-order valence-corrected chi connectivity index (χ3v) is 5.99. The minimum atomic E-state index is -4.41. The number of aromatic nitrogens is 6. The molecule has 1 atom stereocenters. The van der Waals surface area contributed by atoms with Gasteiger partial charge in [0.1, 0.15) is 5.82 Å². The molecule has 2 N–H and O–H groups in total. The van der Waals surface area contributed by atoms with Gasteiger partial charge in [-0.05, 0) is 30.5 Å². The number of nitrogens with one attached hydrogen (secondary N) is 1. The lowest BCUT2D eigenvalue weighted by atomic mass is 10.1. The highest BCUT2D eigenvalue weighted by atomic mass is 19.4. The molecule has 0 saturated carbocycles.